The minimum absolute atomic E-state index is 0.0540. The zero-order valence-electron chi connectivity index (χ0n) is 12.8. The maximum Gasteiger partial charge on any atom is 0.222 e. The van der Waals surface area contributed by atoms with Crippen molar-refractivity contribution >= 4 is 11.7 Å². The van der Waals surface area contributed by atoms with Gasteiger partial charge in [0.25, 0.3) is 0 Å². The highest BCUT2D eigenvalue weighted by Crippen LogP contribution is 2.22. The highest BCUT2D eigenvalue weighted by Gasteiger charge is 2.29. The van der Waals surface area contributed by atoms with E-state index in [1.165, 1.54) is 0 Å². The molecule has 0 aromatic rings. The highest BCUT2D eigenvalue weighted by atomic mass is 16.2. The molecule has 2 unspecified atom stereocenters. The Bertz CT molecular complexity index is 315. The summed E-state index contributed by atoms with van der Waals surface area (Å²) in [7, 11) is 3.96. The van der Waals surface area contributed by atoms with Crippen molar-refractivity contribution < 1.29 is 9.59 Å². The Balaban J connectivity index is 2.46. The van der Waals surface area contributed by atoms with Gasteiger partial charge in [-0.15, -0.1) is 0 Å². The molecule has 1 aliphatic heterocycles. The molecule has 1 amide bonds. The van der Waals surface area contributed by atoms with Crippen LogP contribution in [0.2, 0.25) is 0 Å². The van der Waals surface area contributed by atoms with Crippen LogP contribution in [0, 0.1) is 5.92 Å². The van der Waals surface area contributed by atoms with E-state index in [0.29, 0.717) is 18.6 Å². The molecular formula is C15H28N2O2. The predicted molar refractivity (Wildman–Crippen MR) is 77.0 cm³/mol. The second kappa shape index (κ2) is 7.63. The van der Waals surface area contributed by atoms with Crippen LogP contribution in [0.15, 0.2) is 0 Å². The van der Waals surface area contributed by atoms with Gasteiger partial charge in [-0.1, -0.05) is 13.8 Å². The van der Waals surface area contributed by atoms with Crippen molar-refractivity contribution in [2.45, 2.75) is 52.0 Å². The van der Waals surface area contributed by atoms with E-state index < -0.39 is 0 Å². The average molecular weight is 268 g/mol. The number of carbonyl (C=O) groups excluding carboxylic acids is 2. The number of hydrogen-bond acceptors (Lipinski definition) is 3. The van der Waals surface area contributed by atoms with E-state index in [0.717, 1.165) is 32.4 Å². The summed E-state index contributed by atoms with van der Waals surface area (Å²) in [4.78, 5) is 27.9. The molecule has 4 heteroatoms. The number of ketones is 1. The average Bonchev–Trinajstić information content (AvgIpc) is 2.78. The van der Waals surface area contributed by atoms with Gasteiger partial charge in [-0.3, -0.25) is 9.59 Å². The molecule has 0 N–H and O–H groups in total. The molecule has 1 aliphatic rings. The van der Waals surface area contributed by atoms with Crippen LogP contribution < -0.4 is 0 Å². The summed E-state index contributed by atoms with van der Waals surface area (Å²) in [6.45, 7) is 5.78. The third kappa shape index (κ3) is 4.94. The first-order valence-electron chi connectivity index (χ1n) is 7.42. The minimum Gasteiger partial charge on any atom is -0.340 e. The van der Waals surface area contributed by atoms with Gasteiger partial charge in [-0.05, 0) is 33.4 Å². The maximum absolute atomic E-state index is 12.1. The van der Waals surface area contributed by atoms with Crippen LogP contribution >= 0.6 is 0 Å². The molecule has 0 spiro atoms. The van der Waals surface area contributed by atoms with E-state index >= 15 is 0 Å². The number of nitrogens with zero attached hydrogens (tertiary/aromatic N) is 2. The lowest BCUT2D eigenvalue weighted by molar-refractivity contribution is -0.131. The normalized spacial score (nSPS) is 19.0. The van der Waals surface area contributed by atoms with E-state index in [-0.39, 0.29) is 17.9 Å². The first-order valence-corrected chi connectivity index (χ1v) is 7.42. The third-order valence-electron chi connectivity index (χ3n) is 4.00. The first kappa shape index (κ1) is 16.2. The molecule has 1 saturated heterocycles. The number of Topliss-reactive ketones (excluding diaryl/α,β-unsaturated/α-hetero) is 1. The fraction of sp³-hybridized carbons (Fsp3) is 0.867. The lowest BCUT2D eigenvalue weighted by atomic mass is 9.93. The van der Waals surface area contributed by atoms with Crippen molar-refractivity contribution in [1.82, 2.24) is 9.80 Å². The molecule has 0 aromatic heterocycles. The van der Waals surface area contributed by atoms with Gasteiger partial charge >= 0.3 is 0 Å². The van der Waals surface area contributed by atoms with Gasteiger partial charge < -0.3 is 9.80 Å². The van der Waals surface area contributed by atoms with Gasteiger partial charge in [0.2, 0.25) is 5.91 Å². The van der Waals surface area contributed by atoms with Gasteiger partial charge in [0.1, 0.15) is 5.78 Å². The number of rotatable bonds is 8. The summed E-state index contributed by atoms with van der Waals surface area (Å²) in [6, 6.07) is 0.244. The Labute approximate surface area is 117 Å². The van der Waals surface area contributed by atoms with Crippen LogP contribution in [0.4, 0.5) is 0 Å². The van der Waals surface area contributed by atoms with Gasteiger partial charge in [0, 0.05) is 37.9 Å². The Morgan fingerprint density at radius 2 is 2.11 bits per heavy atom. The number of likely N-dealkylation sites (tertiary alicyclic amines) is 1. The molecule has 1 fully saturated rings. The number of amides is 1. The van der Waals surface area contributed by atoms with Crippen molar-refractivity contribution in [3.8, 4) is 0 Å². The predicted octanol–water partition coefficient (Wildman–Crippen LogP) is 1.93. The minimum atomic E-state index is 0.0540. The summed E-state index contributed by atoms with van der Waals surface area (Å²) >= 11 is 0. The van der Waals surface area contributed by atoms with Crippen LogP contribution in [0.25, 0.3) is 0 Å². The number of hydrogen-bond donors (Lipinski definition) is 0. The quantitative estimate of drug-likeness (QED) is 0.675. The first-order chi connectivity index (χ1) is 8.95. The Kier molecular flexibility index (Phi) is 6.49. The van der Waals surface area contributed by atoms with E-state index in [4.69, 9.17) is 0 Å². The van der Waals surface area contributed by atoms with Crippen LogP contribution in [0.5, 0.6) is 0 Å². The van der Waals surface area contributed by atoms with Crippen molar-refractivity contribution in [3.63, 3.8) is 0 Å². The fourth-order valence-corrected chi connectivity index (χ4v) is 2.69. The molecule has 4 nitrogen and oxygen atoms in total. The number of carbonyl (C=O) groups is 2. The Morgan fingerprint density at radius 3 is 2.58 bits per heavy atom. The molecule has 0 radical (unpaired) electrons. The Hall–Kier alpha value is -0.900. The molecule has 2 atom stereocenters. The van der Waals surface area contributed by atoms with Crippen LogP contribution in [-0.4, -0.2) is 54.7 Å². The van der Waals surface area contributed by atoms with E-state index in [1.807, 2.05) is 30.8 Å². The van der Waals surface area contributed by atoms with Crippen LogP contribution in [0.3, 0.4) is 0 Å². The van der Waals surface area contributed by atoms with E-state index in [1.54, 1.807) is 0 Å². The van der Waals surface area contributed by atoms with Crippen LogP contribution in [0.1, 0.15) is 46.0 Å². The molecule has 0 bridgehead atoms. The van der Waals surface area contributed by atoms with Gasteiger partial charge in [-0.25, -0.2) is 0 Å². The lowest BCUT2D eigenvalue weighted by Gasteiger charge is -2.29. The van der Waals surface area contributed by atoms with Crippen molar-refractivity contribution in [1.29, 1.82) is 0 Å². The topological polar surface area (TPSA) is 40.6 Å². The zero-order chi connectivity index (χ0) is 14.4. The smallest absolute Gasteiger partial charge is 0.222 e. The van der Waals surface area contributed by atoms with Crippen LogP contribution in [-0.2, 0) is 9.59 Å². The lowest BCUT2D eigenvalue weighted by Crippen LogP contribution is -2.38. The van der Waals surface area contributed by atoms with Crippen molar-refractivity contribution in [2.75, 3.05) is 27.2 Å². The largest absolute Gasteiger partial charge is 0.340 e. The van der Waals surface area contributed by atoms with E-state index in [2.05, 4.69) is 6.92 Å². The summed E-state index contributed by atoms with van der Waals surface area (Å²) in [5, 5.41) is 0. The van der Waals surface area contributed by atoms with Crippen molar-refractivity contribution in [3.05, 3.63) is 0 Å². The molecule has 0 saturated carbocycles. The zero-order valence-corrected chi connectivity index (χ0v) is 12.8. The molecule has 1 heterocycles. The summed E-state index contributed by atoms with van der Waals surface area (Å²) < 4.78 is 0. The summed E-state index contributed by atoms with van der Waals surface area (Å²) in [5.74, 6) is 0.636. The maximum atomic E-state index is 12.1. The molecule has 110 valence electrons. The standard InChI is InChI=1S/C15H28N2O2/c1-5-13(17-9-6-7-15(17)19)11-12(2)14(18)8-10-16(3)4/h12-13H,5-11H2,1-4H3. The SMILES string of the molecule is CCC(CC(C)C(=O)CCN(C)C)N1CCCC1=O. The monoisotopic (exact) mass is 268 g/mol. The molecular weight excluding hydrogens is 240 g/mol. The molecule has 1 rings (SSSR count). The van der Waals surface area contributed by atoms with Crippen molar-refractivity contribution in [2.24, 2.45) is 5.92 Å². The second-order valence-corrected chi connectivity index (χ2v) is 5.91. The highest BCUT2D eigenvalue weighted by molar-refractivity contribution is 5.81. The summed E-state index contributed by atoms with van der Waals surface area (Å²) in [6.07, 6.45) is 4.02. The second-order valence-electron chi connectivity index (χ2n) is 5.91. The van der Waals surface area contributed by atoms with Gasteiger partial charge in [0.05, 0.1) is 0 Å². The fourth-order valence-electron chi connectivity index (χ4n) is 2.69. The molecule has 0 aromatic carbocycles. The van der Waals surface area contributed by atoms with Gasteiger partial charge in [-0.2, -0.15) is 0 Å². The van der Waals surface area contributed by atoms with Gasteiger partial charge in [0.15, 0.2) is 0 Å². The molecule has 19 heavy (non-hydrogen) atoms. The molecule has 0 aliphatic carbocycles. The summed E-state index contributed by atoms with van der Waals surface area (Å²) in [5.41, 5.74) is 0. The third-order valence-corrected chi connectivity index (χ3v) is 4.00. The van der Waals surface area contributed by atoms with E-state index in [9.17, 15) is 9.59 Å². The Morgan fingerprint density at radius 1 is 1.42 bits per heavy atom.